The first kappa shape index (κ1) is 16.8. The van der Waals surface area contributed by atoms with Crippen LogP contribution in [0.15, 0.2) is 0 Å². The first-order chi connectivity index (χ1) is 7.04. The molecule has 0 atom stereocenters. The van der Waals surface area contributed by atoms with Gasteiger partial charge in [-0.25, -0.2) is 9.18 Å². The summed E-state index contributed by atoms with van der Waals surface area (Å²) in [6.45, 7) is 9.06. The first-order valence-corrected chi connectivity index (χ1v) is 5.65. The Morgan fingerprint density at radius 2 is 1.53 bits per heavy atom. The van der Waals surface area contributed by atoms with Crippen molar-refractivity contribution in [1.82, 2.24) is 4.90 Å². The summed E-state index contributed by atoms with van der Waals surface area (Å²) in [5, 5.41) is 8.49. The Kier molecular flexibility index (Phi) is 9.68. The van der Waals surface area contributed by atoms with Crippen molar-refractivity contribution in [3.63, 3.8) is 0 Å². The molecule has 3 nitrogen and oxygen atoms in total. The minimum atomic E-state index is -1.97. The molecule has 1 N–H and O–H groups in total. The van der Waals surface area contributed by atoms with E-state index in [2.05, 4.69) is 0 Å². The van der Waals surface area contributed by atoms with Crippen LogP contribution < -0.4 is 0 Å². The molecule has 0 amide bonds. The summed E-state index contributed by atoms with van der Waals surface area (Å²) in [6.07, 6.45) is 0.220. The van der Waals surface area contributed by atoms with Crippen LogP contribution in [0.25, 0.3) is 0 Å². The third-order valence-electron chi connectivity index (χ3n) is 2.16. The van der Waals surface area contributed by atoms with E-state index in [4.69, 9.17) is 5.11 Å². The Labute approximate surface area is 92.3 Å². The van der Waals surface area contributed by atoms with E-state index in [0.717, 1.165) is 0 Å². The molecule has 15 heavy (non-hydrogen) atoms. The number of halogens is 1. The van der Waals surface area contributed by atoms with Gasteiger partial charge in [0, 0.05) is 25.9 Å². The van der Waals surface area contributed by atoms with Crippen LogP contribution in [0.1, 0.15) is 40.5 Å². The number of likely N-dealkylation sites (tertiary alicyclic amines) is 1. The highest BCUT2D eigenvalue weighted by atomic mass is 19.1. The molecule has 0 aliphatic carbocycles. The van der Waals surface area contributed by atoms with E-state index in [-0.39, 0.29) is 12.8 Å². The highest BCUT2D eigenvalue weighted by Gasteiger charge is 2.40. The van der Waals surface area contributed by atoms with Crippen LogP contribution in [-0.2, 0) is 4.79 Å². The van der Waals surface area contributed by atoms with Gasteiger partial charge in [-0.3, -0.25) is 0 Å². The standard InChI is InChI=1S/C7H12FNO2.2C2H6/c1-9-4-2-7(8,3-5-9)6(10)11;2*1-2/h2-5H2,1H3,(H,10,11);2*1-2H3. The second kappa shape index (κ2) is 8.65. The first-order valence-electron chi connectivity index (χ1n) is 5.65. The quantitative estimate of drug-likeness (QED) is 0.739. The van der Waals surface area contributed by atoms with E-state index in [1.807, 2.05) is 39.6 Å². The maximum absolute atomic E-state index is 13.2. The fourth-order valence-corrected chi connectivity index (χ4v) is 1.19. The summed E-state index contributed by atoms with van der Waals surface area (Å²) in [5.74, 6) is -1.31. The van der Waals surface area contributed by atoms with Crippen molar-refractivity contribution in [2.24, 2.45) is 0 Å². The molecule has 1 fully saturated rings. The van der Waals surface area contributed by atoms with Gasteiger partial charge in [0.05, 0.1) is 0 Å². The van der Waals surface area contributed by atoms with Gasteiger partial charge in [-0.05, 0) is 7.05 Å². The molecule has 0 bridgehead atoms. The van der Waals surface area contributed by atoms with Crippen molar-refractivity contribution in [1.29, 1.82) is 0 Å². The normalized spacial score (nSPS) is 19.1. The van der Waals surface area contributed by atoms with Crippen LogP contribution >= 0.6 is 0 Å². The summed E-state index contributed by atoms with van der Waals surface area (Å²) in [4.78, 5) is 12.3. The van der Waals surface area contributed by atoms with E-state index in [0.29, 0.717) is 13.1 Å². The van der Waals surface area contributed by atoms with E-state index in [1.165, 1.54) is 0 Å². The molecule has 0 spiro atoms. The third kappa shape index (κ3) is 5.72. The Hall–Kier alpha value is -0.640. The van der Waals surface area contributed by atoms with Crippen LogP contribution in [0.5, 0.6) is 0 Å². The number of carboxylic acids is 1. The van der Waals surface area contributed by atoms with Crippen LogP contribution in [0, 0.1) is 0 Å². The summed E-state index contributed by atoms with van der Waals surface area (Å²) in [6, 6.07) is 0. The third-order valence-corrected chi connectivity index (χ3v) is 2.16. The molecular weight excluding hydrogens is 197 g/mol. The lowest BCUT2D eigenvalue weighted by Crippen LogP contribution is -2.44. The van der Waals surface area contributed by atoms with Gasteiger partial charge in [0.1, 0.15) is 0 Å². The fraction of sp³-hybridized carbons (Fsp3) is 0.909. The predicted octanol–water partition coefficient (Wildman–Crippen LogP) is 2.56. The van der Waals surface area contributed by atoms with E-state index in [9.17, 15) is 9.18 Å². The SMILES string of the molecule is CC.CC.CN1CCC(F)(C(=O)O)CC1. The zero-order valence-corrected chi connectivity index (χ0v) is 10.5. The zero-order chi connectivity index (χ0) is 12.5. The monoisotopic (exact) mass is 221 g/mol. The van der Waals surface area contributed by atoms with Gasteiger partial charge < -0.3 is 10.0 Å². The van der Waals surface area contributed by atoms with Crippen LogP contribution in [0.2, 0.25) is 0 Å². The molecule has 0 saturated carbocycles. The van der Waals surface area contributed by atoms with Gasteiger partial charge in [0.15, 0.2) is 0 Å². The minimum absolute atomic E-state index is 0.110. The fourth-order valence-electron chi connectivity index (χ4n) is 1.19. The summed E-state index contributed by atoms with van der Waals surface area (Å²) >= 11 is 0. The van der Waals surface area contributed by atoms with Crippen molar-refractivity contribution in [2.75, 3.05) is 20.1 Å². The van der Waals surface area contributed by atoms with E-state index < -0.39 is 11.6 Å². The van der Waals surface area contributed by atoms with Gasteiger partial charge in [-0.2, -0.15) is 0 Å². The average Bonchev–Trinajstić information content (AvgIpc) is 2.28. The smallest absolute Gasteiger partial charge is 0.341 e. The topological polar surface area (TPSA) is 40.5 Å². The molecule has 4 heteroatoms. The number of carbonyl (C=O) groups is 1. The lowest BCUT2D eigenvalue weighted by Gasteiger charge is -2.30. The summed E-state index contributed by atoms with van der Waals surface area (Å²) in [7, 11) is 1.86. The predicted molar refractivity (Wildman–Crippen MR) is 60.9 cm³/mol. The summed E-state index contributed by atoms with van der Waals surface area (Å²) < 4.78 is 13.2. The van der Waals surface area contributed by atoms with Gasteiger partial charge in [-0.15, -0.1) is 0 Å². The molecule has 0 aromatic rings. The second-order valence-electron chi connectivity index (χ2n) is 3.07. The molecule has 1 aliphatic rings. The van der Waals surface area contributed by atoms with Gasteiger partial charge in [0.25, 0.3) is 0 Å². The number of aliphatic carboxylic acids is 1. The van der Waals surface area contributed by atoms with Gasteiger partial charge in [-0.1, -0.05) is 27.7 Å². The number of rotatable bonds is 1. The van der Waals surface area contributed by atoms with Crippen LogP contribution in [0.4, 0.5) is 4.39 Å². The molecule has 0 unspecified atom stereocenters. The summed E-state index contributed by atoms with van der Waals surface area (Å²) in [5.41, 5.74) is -1.97. The highest BCUT2D eigenvalue weighted by molar-refractivity contribution is 5.77. The molecule has 1 aliphatic heterocycles. The highest BCUT2D eigenvalue weighted by Crippen LogP contribution is 2.25. The van der Waals surface area contributed by atoms with Gasteiger partial charge in [0.2, 0.25) is 5.67 Å². The van der Waals surface area contributed by atoms with Gasteiger partial charge >= 0.3 is 5.97 Å². The molecule has 92 valence electrons. The Morgan fingerprint density at radius 3 is 1.80 bits per heavy atom. The van der Waals surface area contributed by atoms with Crippen molar-refractivity contribution in [3.8, 4) is 0 Å². The molecule has 0 radical (unpaired) electrons. The molecule has 0 aromatic carbocycles. The molecular formula is C11H24FNO2. The van der Waals surface area contributed by atoms with Crippen LogP contribution in [0.3, 0.4) is 0 Å². The minimum Gasteiger partial charge on any atom is -0.479 e. The lowest BCUT2D eigenvalue weighted by molar-refractivity contribution is -0.154. The molecule has 1 heterocycles. The zero-order valence-electron chi connectivity index (χ0n) is 10.5. The average molecular weight is 221 g/mol. The molecule has 0 aromatic heterocycles. The molecule has 1 rings (SSSR count). The Bertz CT molecular complexity index is 166. The number of piperidine rings is 1. The largest absolute Gasteiger partial charge is 0.479 e. The number of carboxylic acid groups (broad SMARTS) is 1. The number of alkyl halides is 1. The van der Waals surface area contributed by atoms with Crippen LogP contribution in [-0.4, -0.2) is 41.8 Å². The lowest BCUT2D eigenvalue weighted by atomic mass is 9.94. The maximum Gasteiger partial charge on any atom is 0.341 e. The van der Waals surface area contributed by atoms with Crippen molar-refractivity contribution in [3.05, 3.63) is 0 Å². The van der Waals surface area contributed by atoms with Crippen molar-refractivity contribution < 1.29 is 14.3 Å². The van der Waals surface area contributed by atoms with E-state index in [1.54, 1.807) is 0 Å². The van der Waals surface area contributed by atoms with E-state index >= 15 is 0 Å². The number of nitrogens with zero attached hydrogens (tertiary/aromatic N) is 1. The Morgan fingerprint density at radius 1 is 1.20 bits per heavy atom. The van der Waals surface area contributed by atoms with Crippen molar-refractivity contribution >= 4 is 5.97 Å². The molecule has 1 saturated heterocycles. The Balaban J connectivity index is 0. The number of hydrogen-bond donors (Lipinski definition) is 1. The number of hydrogen-bond acceptors (Lipinski definition) is 2. The maximum atomic E-state index is 13.2. The van der Waals surface area contributed by atoms with Crippen molar-refractivity contribution in [2.45, 2.75) is 46.2 Å². The second-order valence-corrected chi connectivity index (χ2v) is 3.07.